The van der Waals surface area contributed by atoms with Crippen molar-refractivity contribution in [2.75, 3.05) is 26.2 Å². The van der Waals surface area contributed by atoms with Crippen LogP contribution in [0.2, 0.25) is 0 Å². The van der Waals surface area contributed by atoms with Crippen molar-refractivity contribution in [1.82, 2.24) is 20.4 Å². The van der Waals surface area contributed by atoms with Crippen LogP contribution >= 0.6 is 0 Å². The molecule has 4 amide bonds. The van der Waals surface area contributed by atoms with Crippen molar-refractivity contribution in [3.63, 3.8) is 0 Å². The van der Waals surface area contributed by atoms with Crippen LogP contribution in [-0.4, -0.2) is 65.4 Å². The molecule has 0 aromatic rings. The monoisotopic (exact) mass is 364 g/mol. The van der Waals surface area contributed by atoms with Crippen LogP contribution in [0.4, 0.5) is 4.79 Å². The fourth-order valence-corrected chi connectivity index (χ4v) is 4.71. The lowest BCUT2D eigenvalue weighted by molar-refractivity contribution is -0.136. The summed E-state index contributed by atoms with van der Waals surface area (Å²) < 4.78 is 0. The maximum Gasteiger partial charge on any atom is 0.325 e. The Morgan fingerprint density at radius 1 is 1.23 bits per heavy atom. The molecule has 1 aliphatic carbocycles. The molecule has 3 fully saturated rings. The van der Waals surface area contributed by atoms with Crippen LogP contribution in [0.3, 0.4) is 0 Å². The standard InChI is InChI=1S/C19H32N4O3/c1-3-14-7-9-19(10-8-14)17(25)23(18(26)21-19)13-16(24)20-12-15-6-5-11-22(15)4-2/h14-15H,3-13H2,1-2H3,(H,20,24)(H,21,26). The number of likely N-dealkylation sites (N-methyl/N-ethyl adjacent to an activating group) is 1. The van der Waals surface area contributed by atoms with Gasteiger partial charge in [-0.1, -0.05) is 20.3 Å². The van der Waals surface area contributed by atoms with Crippen molar-refractivity contribution in [1.29, 1.82) is 0 Å². The molecular weight excluding hydrogens is 332 g/mol. The van der Waals surface area contributed by atoms with Crippen LogP contribution in [0.25, 0.3) is 0 Å². The lowest BCUT2D eigenvalue weighted by atomic mass is 9.75. The van der Waals surface area contributed by atoms with Crippen LogP contribution in [-0.2, 0) is 9.59 Å². The minimum absolute atomic E-state index is 0.178. The second kappa shape index (κ2) is 7.94. The number of carbonyl (C=O) groups excluding carboxylic acids is 3. The Morgan fingerprint density at radius 2 is 1.96 bits per heavy atom. The van der Waals surface area contributed by atoms with Crippen molar-refractivity contribution in [2.24, 2.45) is 5.92 Å². The summed E-state index contributed by atoms with van der Waals surface area (Å²) in [5.74, 6) is 0.162. The van der Waals surface area contributed by atoms with E-state index in [0.29, 0.717) is 31.3 Å². The van der Waals surface area contributed by atoms with Crippen molar-refractivity contribution in [2.45, 2.75) is 70.4 Å². The van der Waals surface area contributed by atoms with Crippen LogP contribution in [0.5, 0.6) is 0 Å². The zero-order chi connectivity index (χ0) is 18.7. The van der Waals surface area contributed by atoms with Crippen molar-refractivity contribution >= 4 is 17.8 Å². The van der Waals surface area contributed by atoms with Crippen molar-refractivity contribution in [3.05, 3.63) is 0 Å². The van der Waals surface area contributed by atoms with E-state index in [9.17, 15) is 14.4 Å². The predicted molar refractivity (Wildman–Crippen MR) is 98.5 cm³/mol. The lowest BCUT2D eigenvalue weighted by Crippen LogP contribution is -2.50. The molecule has 3 aliphatic rings. The van der Waals surface area contributed by atoms with E-state index in [0.717, 1.165) is 50.1 Å². The summed E-state index contributed by atoms with van der Waals surface area (Å²) in [7, 11) is 0. The van der Waals surface area contributed by atoms with Gasteiger partial charge in [-0.2, -0.15) is 0 Å². The largest absolute Gasteiger partial charge is 0.353 e. The number of likely N-dealkylation sites (tertiary alicyclic amines) is 1. The van der Waals surface area contributed by atoms with Gasteiger partial charge >= 0.3 is 6.03 Å². The van der Waals surface area contributed by atoms with E-state index in [1.165, 1.54) is 0 Å². The molecule has 0 bridgehead atoms. The number of imide groups is 1. The van der Waals surface area contributed by atoms with E-state index < -0.39 is 11.6 Å². The Bertz CT molecular complexity index is 557. The first-order chi connectivity index (χ1) is 12.5. The first kappa shape index (κ1) is 19.1. The number of nitrogens with zero attached hydrogens (tertiary/aromatic N) is 2. The molecule has 0 aromatic heterocycles. The minimum Gasteiger partial charge on any atom is -0.353 e. The first-order valence-corrected chi connectivity index (χ1v) is 10.1. The van der Waals surface area contributed by atoms with Gasteiger partial charge in [-0.25, -0.2) is 4.79 Å². The Kier molecular flexibility index (Phi) is 5.85. The average Bonchev–Trinajstić information content (AvgIpc) is 3.19. The average molecular weight is 364 g/mol. The van der Waals surface area contributed by atoms with Crippen LogP contribution in [0.15, 0.2) is 0 Å². The molecule has 146 valence electrons. The molecule has 1 unspecified atom stereocenters. The Labute approximate surface area is 155 Å². The number of amides is 4. The summed E-state index contributed by atoms with van der Waals surface area (Å²) in [6, 6.07) is -0.0566. The van der Waals surface area contributed by atoms with Gasteiger partial charge in [0.05, 0.1) is 0 Å². The summed E-state index contributed by atoms with van der Waals surface area (Å²) >= 11 is 0. The smallest absolute Gasteiger partial charge is 0.325 e. The first-order valence-electron chi connectivity index (χ1n) is 10.1. The summed E-state index contributed by atoms with van der Waals surface area (Å²) in [5.41, 5.74) is -0.770. The SMILES string of the molecule is CCC1CCC2(CC1)NC(=O)N(CC(=O)NCC1CCCN1CC)C2=O. The molecule has 2 N–H and O–H groups in total. The molecular formula is C19H32N4O3. The Hall–Kier alpha value is -1.63. The summed E-state index contributed by atoms with van der Waals surface area (Å²) in [4.78, 5) is 40.9. The zero-order valence-electron chi connectivity index (χ0n) is 16.1. The molecule has 7 nitrogen and oxygen atoms in total. The highest BCUT2D eigenvalue weighted by Crippen LogP contribution is 2.37. The van der Waals surface area contributed by atoms with Gasteiger partial charge < -0.3 is 10.6 Å². The fraction of sp³-hybridized carbons (Fsp3) is 0.842. The van der Waals surface area contributed by atoms with E-state index in [1.807, 2.05) is 0 Å². The summed E-state index contributed by atoms with van der Waals surface area (Å²) in [6.45, 7) is 6.75. The van der Waals surface area contributed by atoms with Gasteiger partial charge in [-0.3, -0.25) is 19.4 Å². The number of carbonyl (C=O) groups is 3. The fourth-order valence-electron chi connectivity index (χ4n) is 4.71. The van der Waals surface area contributed by atoms with Crippen molar-refractivity contribution in [3.8, 4) is 0 Å². The molecule has 26 heavy (non-hydrogen) atoms. The molecule has 1 spiro atoms. The predicted octanol–water partition coefficient (Wildman–Crippen LogP) is 1.48. The van der Waals surface area contributed by atoms with Gasteiger partial charge in [0.15, 0.2) is 0 Å². The maximum atomic E-state index is 12.8. The number of urea groups is 1. The van der Waals surface area contributed by atoms with Gasteiger partial charge in [0.1, 0.15) is 12.1 Å². The van der Waals surface area contributed by atoms with E-state index in [4.69, 9.17) is 0 Å². The molecule has 2 heterocycles. The van der Waals surface area contributed by atoms with Gasteiger partial charge in [-0.05, 0) is 57.5 Å². The third-order valence-electron chi connectivity index (χ3n) is 6.52. The van der Waals surface area contributed by atoms with Crippen LogP contribution < -0.4 is 10.6 Å². The molecule has 2 aliphatic heterocycles. The highest BCUT2D eigenvalue weighted by atomic mass is 16.2. The summed E-state index contributed by atoms with van der Waals surface area (Å²) in [6.07, 6.45) is 6.62. The van der Waals surface area contributed by atoms with Crippen LogP contribution in [0.1, 0.15) is 58.8 Å². The topological polar surface area (TPSA) is 81.8 Å². The van der Waals surface area contributed by atoms with Gasteiger partial charge in [0.25, 0.3) is 5.91 Å². The molecule has 0 aromatic carbocycles. The molecule has 1 atom stereocenters. The molecule has 3 rings (SSSR count). The van der Waals surface area contributed by atoms with Crippen molar-refractivity contribution < 1.29 is 14.4 Å². The quantitative estimate of drug-likeness (QED) is 0.700. The van der Waals surface area contributed by atoms with E-state index >= 15 is 0 Å². The third kappa shape index (κ3) is 3.72. The number of rotatable bonds is 6. The van der Waals surface area contributed by atoms with E-state index in [1.54, 1.807) is 0 Å². The highest BCUT2D eigenvalue weighted by Gasteiger charge is 2.52. The molecule has 2 saturated heterocycles. The Morgan fingerprint density at radius 3 is 2.62 bits per heavy atom. The van der Waals surface area contributed by atoms with Gasteiger partial charge in [0, 0.05) is 12.6 Å². The zero-order valence-corrected chi connectivity index (χ0v) is 16.1. The second-order valence-corrected chi connectivity index (χ2v) is 7.98. The van der Waals surface area contributed by atoms with Gasteiger partial charge in [0.2, 0.25) is 5.91 Å². The van der Waals surface area contributed by atoms with Crippen LogP contribution in [0, 0.1) is 5.92 Å². The minimum atomic E-state index is -0.770. The molecule has 1 saturated carbocycles. The second-order valence-electron chi connectivity index (χ2n) is 7.98. The maximum absolute atomic E-state index is 12.8. The third-order valence-corrected chi connectivity index (χ3v) is 6.52. The highest BCUT2D eigenvalue weighted by molar-refractivity contribution is 6.09. The summed E-state index contributed by atoms with van der Waals surface area (Å²) in [5, 5.41) is 5.79. The lowest BCUT2D eigenvalue weighted by Gasteiger charge is -2.34. The molecule has 7 heteroatoms. The molecule has 0 radical (unpaired) electrons. The number of nitrogens with one attached hydrogen (secondary N) is 2. The number of hydrogen-bond acceptors (Lipinski definition) is 4. The van der Waals surface area contributed by atoms with Gasteiger partial charge in [-0.15, -0.1) is 0 Å². The van der Waals surface area contributed by atoms with E-state index in [2.05, 4.69) is 29.4 Å². The normalized spacial score (nSPS) is 32.3. The number of hydrogen-bond donors (Lipinski definition) is 2. The Balaban J connectivity index is 1.52. The van der Waals surface area contributed by atoms with E-state index in [-0.39, 0.29) is 18.4 Å².